The van der Waals surface area contributed by atoms with Crippen LogP contribution in [0.5, 0.6) is 0 Å². The summed E-state index contributed by atoms with van der Waals surface area (Å²) in [5.74, 6) is 0.460. The Morgan fingerprint density at radius 1 is 0.679 bits per heavy atom. The molecule has 28 heavy (non-hydrogen) atoms. The first-order valence-electron chi connectivity index (χ1n) is 11.9. The fourth-order valence-corrected chi connectivity index (χ4v) is 3.59. The van der Waals surface area contributed by atoms with E-state index in [-0.39, 0.29) is 17.9 Å². The SMILES string of the molecule is CCCCOC(=O)CCCCCCCCC(CC)C(CC)C(=O)OCCCC. The quantitative estimate of drug-likeness (QED) is 0.176. The third-order valence-corrected chi connectivity index (χ3v) is 5.54. The van der Waals surface area contributed by atoms with Crippen molar-refractivity contribution < 1.29 is 19.1 Å². The zero-order chi connectivity index (χ0) is 21.0. The van der Waals surface area contributed by atoms with Gasteiger partial charge in [0.25, 0.3) is 0 Å². The van der Waals surface area contributed by atoms with Crippen molar-refractivity contribution in [1.82, 2.24) is 0 Å². The zero-order valence-electron chi connectivity index (χ0n) is 19.1. The third-order valence-electron chi connectivity index (χ3n) is 5.54. The molecule has 0 aromatic rings. The van der Waals surface area contributed by atoms with Gasteiger partial charge in [0.05, 0.1) is 19.1 Å². The maximum Gasteiger partial charge on any atom is 0.309 e. The summed E-state index contributed by atoms with van der Waals surface area (Å²) in [6.07, 6.45) is 14.4. The van der Waals surface area contributed by atoms with Crippen LogP contribution in [0.25, 0.3) is 0 Å². The number of carbonyl (C=O) groups excluding carboxylic acids is 2. The highest BCUT2D eigenvalue weighted by Gasteiger charge is 2.26. The van der Waals surface area contributed by atoms with Gasteiger partial charge in [0.1, 0.15) is 0 Å². The predicted molar refractivity (Wildman–Crippen MR) is 116 cm³/mol. The Hall–Kier alpha value is -1.06. The van der Waals surface area contributed by atoms with Crippen LogP contribution in [0.4, 0.5) is 0 Å². The van der Waals surface area contributed by atoms with Crippen LogP contribution in [-0.4, -0.2) is 25.2 Å². The second kappa shape index (κ2) is 19.3. The molecule has 0 bridgehead atoms. The average Bonchev–Trinajstić information content (AvgIpc) is 2.69. The molecule has 0 N–H and O–H groups in total. The van der Waals surface area contributed by atoms with Gasteiger partial charge in [-0.2, -0.15) is 0 Å². The second-order valence-corrected chi connectivity index (χ2v) is 7.94. The van der Waals surface area contributed by atoms with Gasteiger partial charge in [0, 0.05) is 6.42 Å². The van der Waals surface area contributed by atoms with Crippen LogP contribution < -0.4 is 0 Å². The molecule has 0 fully saturated rings. The Kier molecular flexibility index (Phi) is 18.5. The number of hydrogen-bond donors (Lipinski definition) is 0. The van der Waals surface area contributed by atoms with Gasteiger partial charge < -0.3 is 9.47 Å². The third kappa shape index (κ3) is 14.0. The highest BCUT2D eigenvalue weighted by molar-refractivity contribution is 5.72. The molecule has 4 nitrogen and oxygen atoms in total. The van der Waals surface area contributed by atoms with E-state index in [1.807, 2.05) is 0 Å². The van der Waals surface area contributed by atoms with E-state index in [0.717, 1.165) is 57.8 Å². The minimum Gasteiger partial charge on any atom is -0.466 e. The van der Waals surface area contributed by atoms with Gasteiger partial charge in [-0.1, -0.05) is 79.1 Å². The standard InChI is InChI=1S/C24H46O4/c1-5-9-19-27-23(25)18-16-14-12-11-13-15-17-21(7-3)22(8-4)24(26)28-20-10-6-2/h21-22H,5-20H2,1-4H3. The van der Waals surface area contributed by atoms with Crippen LogP contribution >= 0.6 is 0 Å². The summed E-state index contributed by atoms with van der Waals surface area (Å²) in [4.78, 5) is 23.9. The molecule has 4 heteroatoms. The summed E-state index contributed by atoms with van der Waals surface area (Å²) in [6.45, 7) is 9.62. The van der Waals surface area contributed by atoms with E-state index in [1.165, 1.54) is 25.7 Å². The minimum absolute atomic E-state index is 0.00798. The second-order valence-electron chi connectivity index (χ2n) is 7.94. The molecule has 0 saturated carbocycles. The van der Waals surface area contributed by atoms with Gasteiger partial charge in [-0.15, -0.1) is 0 Å². The molecule has 0 saturated heterocycles. The van der Waals surface area contributed by atoms with Crippen molar-refractivity contribution >= 4 is 11.9 Å². The maximum atomic E-state index is 12.3. The maximum absolute atomic E-state index is 12.3. The largest absolute Gasteiger partial charge is 0.466 e. The molecule has 2 atom stereocenters. The van der Waals surface area contributed by atoms with Gasteiger partial charge in [-0.25, -0.2) is 0 Å². The number of rotatable bonds is 19. The van der Waals surface area contributed by atoms with E-state index in [9.17, 15) is 9.59 Å². The molecule has 0 amide bonds. The van der Waals surface area contributed by atoms with Crippen LogP contribution in [0.3, 0.4) is 0 Å². The Morgan fingerprint density at radius 2 is 1.25 bits per heavy atom. The molecular formula is C24H46O4. The van der Waals surface area contributed by atoms with E-state index in [0.29, 0.717) is 25.6 Å². The molecule has 166 valence electrons. The number of esters is 2. The van der Waals surface area contributed by atoms with Crippen molar-refractivity contribution in [3.63, 3.8) is 0 Å². The molecule has 0 heterocycles. The molecule has 0 aromatic carbocycles. The molecule has 0 aromatic heterocycles. The topological polar surface area (TPSA) is 52.6 Å². The Labute approximate surface area is 174 Å². The number of carbonyl (C=O) groups is 2. The lowest BCUT2D eigenvalue weighted by Gasteiger charge is -2.23. The summed E-state index contributed by atoms with van der Waals surface area (Å²) < 4.78 is 10.6. The normalized spacial score (nSPS) is 13.1. The van der Waals surface area contributed by atoms with Gasteiger partial charge in [-0.05, 0) is 38.0 Å². The molecule has 0 rings (SSSR count). The number of ether oxygens (including phenoxy) is 2. The summed E-state index contributed by atoms with van der Waals surface area (Å²) in [5.41, 5.74) is 0. The lowest BCUT2D eigenvalue weighted by molar-refractivity contribution is -0.151. The molecule has 0 aliphatic heterocycles. The fraction of sp³-hybridized carbons (Fsp3) is 0.917. The van der Waals surface area contributed by atoms with Crippen molar-refractivity contribution in [1.29, 1.82) is 0 Å². The molecule has 0 aliphatic rings. The van der Waals surface area contributed by atoms with E-state index >= 15 is 0 Å². The zero-order valence-corrected chi connectivity index (χ0v) is 19.1. The van der Waals surface area contributed by atoms with Crippen LogP contribution in [-0.2, 0) is 19.1 Å². The summed E-state index contributed by atoms with van der Waals surface area (Å²) >= 11 is 0. The highest BCUT2D eigenvalue weighted by atomic mass is 16.5. The predicted octanol–water partition coefficient (Wildman–Crippen LogP) is 6.85. The smallest absolute Gasteiger partial charge is 0.309 e. The van der Waals surface area contributed by atoms with E-state index in [1.54, 1.807) is 0 Å². The van der Waals surface area contributed by atoms with E-state index < -0.39 is 0 Å². The van der Waals surface area contributed by atoms with Crippen molar-refractivity contribution in [3.05, 3.63) is 0 Å². The number of hydrogen-bond acceptors (Lipinski definition) is 4. The van der Waals surface area contributed by atoms with Crippen molar-refractivity contribution in [2.75, 3.05) is 13.2 Å². The van der Waals surface area contributed by atoms with E-state index in [4.69, 9.17) is 9.47 Å². The average molecular weight is 399 g/mol. The summed E-state index contributed by atoms with van der Waals surface area (Å²) in [6, 6.07) is 0. The lowest BCUT2D eigenvalue weighted by Crippen LogP contribution is -2.25. The van der Waals surface area contributed by atoms with Crippen LogP contribution in [0.2, 0.25) is 0 Å². The molecule has 0 spiro atoms. The van der Waals surface area contributed by atoms with Crippen LogP contribution in [0.1, 0.15) is 118 Å². The Balaban J connectivity index is 3.82. The Bertz CT molecular complexity index is 381. The van der Waals surface area contributed by atoms with Crippen LogP contribution in [0.15, 0.2) is 0 Å². The van der Waals surface area contributed by atoms with Gasteiger partial charge in [0.15, 0.2) is 0 Å². The van der Waals surface area contributed by atoms with Crippen molar-refractivity contribution in [3.8, 4) is 0 Å². The van der Waals surface area contributed by atoms with Gasteiger partial charge >= 0.3 is 11.9 Å². The Morgan fingerprint density at radius 3 is 1.82 bits per heavy atom. The minimum atomic E-state index is -0.0457. The molecule has 0 radical (unpaired) electrons. The first-order chi connectivity index (χ1) is 13.6. The monoisotopic (exact) mass is 398 g/mol. The lowest BCUT2D eigenvalue weighted by atomic mass is 9.84. The van der Waals surface area contributed by atoms with Crippen LogP contribution in [0, 0.1) is 11.8 Å². The summed E-state index contributed by atoms with van der Waals surface area (Å²) in [5, 5.41) is 0. The summed E-state index contributed by atoms with van der Waals surface area (Å²) in [7, 11) is 0. The van der Waals surface area contributed by atoms with E-state index in [2.05, 4.69) is 27.7 Å². The molecular weight excluding hydrogens is 352 g/mol. The first kappa shape index (κ1) is 26.9. The fourth-order valence-electron chi connectivity index (χ4n) is 3.59. The van der Waals surface area contributed by atoms with Gasteiger partial charge in [-0.3, -0.25) is 9.59 Å². The van der Waals surface area contributed by atoms with Gasteiger partial charge in [0.2, 0.25) is 0 Å². The molecule has 2 unspecified atom stereocenters. The molecule has 0 aliphatic carbocycles. The highest BCUT2D eigenvalue weighted by Crippen LogP contribution is 2.27. The number of unbranched alkanes of at least 4 members (excludes halogenated alkanes) is 7. The van der Waals surface area contributed by atoms with Crippen molar-refractivity contribution in [2.24, 2.45) is 11.8 Å². The first-order valence-corrected chi connectivity index (χ1v) is 11.9. The van der Waals surface area contributed by atoms with Crippen molar-refractivity contribution in [2.45, 2.75) is 118 Å².